The maximum Gasteiger partial charge on any atom is 0.425 e. The molecule has 1 heterocycles. The maximum atomic E-state index is 14.8. The fourth-order valence-electron chi connectivity index (χ4n) is 3.44. The van der Waals surface area contributed by atoms with E-state index in [1.165, 1.54) is 39.0 Å². The van der Waals surface area contributed by atoms with Crippen LogP contribution >= 0.6 is 15.9 Å². The van der Waals surface area contributed by atoms with Crippen LogP contribution in [0.3, 0.4) is 0 Å². The molecule has 2 rings (SSSR count). The lowest BCUT2D eigenvalue weighted by Crippen LogP contribution is -2.62. The molecule has 182 valence electrons. The first kappa shape index (κ1) is 26.9. The zero-order valence-electron chi connectivity index (χ0n) is 18.6. The molecule has 0 fully saturated rings. The number of ether oxygens (including phenoxy) is 1. The highest BCUT2D eigenvalue weighted by molar-refractivity contribution is 9.10. The van der Waals surface area contributed by atoms with Crippen molar-refractivity contribution in [2.45, 2.75) is 50.0 Å². The second kappa shape index (κ2) is 9.13. The summed E-state index contributed by atoms with van der Waals surface area (Å²) in [5.74, 6) is -2.70. The highest BCUT2D eigenvalue weighted by Crippen LogP contribution is 2.42. The van der Waals surface area contributed by atoms with Crippen LogP contribution in [-0.4, -0.2) is 59.2 Å². The lowest BCUT2D eigenvalue weighted by molar-refractivity contribution is 0.0372. The molecular formula is C21H25BrF2N2O6S. The normalized spacial score (nSPS) is 24.5. The van der Waals surface area contributed by atoms with E-state index in [-0.39, 0.29) is 11.3 Å². The summed E-state index contributed by atoms with van der Waals surface area (Å²) in [6.45, 7) is 7.63. The number of hydrogen-bond acceptors (Lipinski definition) is 6. The number of nitrogens with zero attached hydrogens (tertiary/aromatic N) is 2. The second-order valence-electron chi connectivity index (χ2n) is 8.81. The molecule has 0 unspecified atom stereocenters. The fourth-order valence-corrected chi connectivity index (χ4v) is 5.83. The number of imide groups is 1. The van der Waals surface area contributed by atoms with Gasteiger partial charge in [0.15, 0.2) is 9.84 Å². The number of amidine groups is 1. The molecule has 0 aromatic heterocycles. The number of aliphatic imine (C=N–C) groups is 1. The molecule has 1 aromatic rings. The third-order valence-corrected chi connectivity index (χ3v) is 8.14. The van der Waals surface area contributed by atoms with Crippen molar-refractivity contribution in [3.05, 3.63) is 46.7 Å². The third-order valence-electron chi connectivity index (χ3n) is 5.07. The molecular weight excluding hydrogens is 526 g/mol. The summed E-state index contributed by atoms with van der Waals surface area (Å²) >= 11 is 3.14. The first-order valence-corrected chi connectivity index (χ1v) is 12.2. The number of sulfone groups is 1. The van der Waals surface area contributed by atoms with Crippen LogP contribution in [0.25, 0.3) is 0 Å². The van der Waals surface area contributed by atoms with Crippen LogP contribution in [0.2, 0.25) is 0 Å². The summed E-state index contributed by atoms with van der Waals surface area (Å²) in [7, 11) is -4.42. The van der Waals surface area contributed by atoms with Gasteiger partial charge in [-0.1, -0.05) is 22.0 Å². The monoisotopic (exact) mass is 550 g/mol. The van der Waals surface area contributed by atoms with Crippen molar-refractivity contribution >= 4 is 43.8 Å². The average molecular weight is 551 g/mol. The molecule has 1 aliphatic rings. The van der Waals surface area contributed by atoms with Crippen molar-refractivity contribution in [1.82, 2.24) is 4.90 Å². The van der Waals surface area contributed by atoms with Gasteiger partial charge in [-0.25, -0.2) is 26.8 Å². The molecule has 33 heavy (non-hydrogen) atoms. The van der Waals surface area contributed by atoms with Gasteiger partial charge in [-0.2, -0.15) is 4.90 Å². The maximum absolute atomic E-state index is 14.8. The van der Waals surface area contributed by atoms with Crippen LogP contribution in [0.1, 0.15) is 39.7 Å². The van der Waals surface area contributed by atoms with Crippen LogP contribution in [0.15, 0.2) is 40.3 Å². The Kier molecular flexibility index (Phi) is 7.44. The van der Waals surface area contributed by atoms with Gasteiger partial charge in [0.25, 0.3) is 0 Å². The van der Waals surface area contributed by atoms with Crippen molar-refractivity contribution < 1.29 is 36.6 Å². The predicted octanol–water partition coefficient (Wildman–Crippen LogP) is 4.83. The molecule has 0 spiro atoms. The van der Waals surface area contributed by atoms with Gasteiger partial charge >= 0.3 is 12.2 Å². The molecule has 8 nitrogen and oxygen atoms in total. The lowest BCUT2D eigenvalue weighted by atomic mass is 9.91. The lowest BCUT2D eigenvalue weighted by Gasteiger charge is -2.43. The first-order chi connectivity index (χ1) is 15.0. The van der Waals surface area contributed by atoms with Crippen LogP contribution in [0.4, 0.5) is 18.4 Å². The number of carbonyl (C=O) groups excluding carboxylic acids is 1. The van der Waals surface area contributed by atoms with Crippen molar-refractivity contribution in [1.29, 1.82) is 0 Å². The van der Waals surface area contributed by atoms with Gasteiger partial charge in [0.1, 0.15) is 34.2 Å². The third kappa shape index (κ3) is 5.11. The van der Waals surface area contributed by atoms with Crippen LogP contribution in [0.5, 0.6) is 0 Å². The van der Waals surface area contributed by atoms with E-state index in [2.05, 4.69) is 27.5 Å². The summed E-state index contributed by atoms with van der Waals surface area (Å²) in [6.07, 6.45) is -2.45. The first-order valence-electron chi connectivity index (χ1n) is 9.74. The van der Waals surface area contributed by atoms with Gasteiger partial charge in [-0.05, 0) is 52.3 Å². The number of benzene rings is 1. The van der Waals surface area contributed by atoms with Gasteiger partial charge in [0.05, 0.1) is 5.75 Å². The van der Waals surface area contributed by atoms with Gasteiger partial charge in [0, 0.05) is 10.0 Å². The Morgan fingerprint density at radius 2 is 2.00 bits per heavy atom. The molecule has 1 N–H and O–H groups in total. The number of hydrogen-bond donors (Lipinski definition) is 1. The van der Waals surface area contributed by atoms with Crippen LogP contribution in [-0.2, 0) is 20.1 Å². The van der Waals surface area contributed by atoms with E-state index in [1.807, 2.05) is 0 Å². The van der Waals surface area contributed by atoms with E-state index in [0.29, 0.717) is 4.47 Å². The summed E-state index contributed by atoms with van der Waals surface area (Å²) in [4.78, 5) is 29.1. The number of rotatable bonds is 4. The predicted molar refractivity (Wildman–Crippen MR) is 122 cm³/mol. The number of halogens is 3. The molecule has 0 bridgehead atoms. The molecule has 1 aliphatic heterocycles. The topological polar surface area (TPSA) is 113 Å². The fraction of sp³-hybridized carbons (Fsp3) is 0.476. The van der Waals surface area contributed by atoms with Gasteiger partial charge in [-0.3, -0.25) is 4.99 Å². The van der Waals surface area contributed by atoms with Crippen molar-refractivity contribution in [3.63, 3.8) is 0 Å². The minimum atomic E-state index is -4.42. The molecule has 2 atom stereocenters. The van der Waals surface area contributed by atoms with Gasteiger partial charge in [0.2, 0.25) is 0 Å². The molecule has 0 aliphatic carbocycles. The molecule has 12 heteroatoms. The summed E-state index contributed by atoms with van der Waals surface area (Å²) < 4.78 is 59.7. The van der Waals surface area contributed by atoms with Crippen molar-refractivity contribution in [2.24, 2.45) is 4.99 Å². The number of allylic oxidation sites excluding steroid dienone is 1. The second-order valence-corrected chi connectivity index (χ2v) is 12.1. The number of amides is 2. The molecule has 2 amide bonds. The quantitative estimate of drug-likeness (QED) is 0.537. The highest BCUT2D eigenvalue weighted by Gasteiger charge is 2.58. The highest BCUT2D eigenvalue weighted by atomic mass is 79.9. The summed E-state index contributed by atoms with van der Waals surface area (Å²) in [6, 6.07) is 3.50. The molecule has 0 saturated heterocycles. The Labute approximate surface area is 199 Å². The molecule has 0 radical (unpaired) electrons. The number of carboxylic acid groups (broad SMARTS) is 1. The standard InChI is InChI=1S/C21H25BrF2N2O6S/c1-6-9-20(5)16(26(17(27)28)18(29)32-19(2,3)4)25-21(11-23,12-33(20,30)31)14-10-13(22)7-8-15(14)24/h6-8,10H,1,9,11-12H2,2-5H3,(H,27,28)/t20-,21+/m0/s1. The zero-order chi connectivity index (χ0) is 25.4. The molecule has 0 saturated carbocycles. The Morgan fingerprint density at radius 1 is 1.39 bits per heavy atom. The van der Waals surface area contributed by atoms with E-state index >= 15 is 0 Å². The Hall–Kier alpha value is -2.34. The minimum absolute atomic E-state index is 0.0335. The zero-order valence-corrected chi connectivity index (χ0v) is 21.0. The van der Waals surface area contributed by atoms with E-state index < -0.39 is 67.6 Å². The number of alkyl halides is 1. The van der Waals surface area contributed by atoms with E-state index in [4.69, 9.17) is 4.74 Å². The van der Waals surface area contributed by atoms with E-state index in [0.717, 1.165) is 13.0 Å². The summed E-state index contributed by atoms with van der Waals surface area (Å²) in [5, 5.41) is 9.82. The van der Waals surface area contributed by atoms with Crippen LogP contribution < -0.4 is 0 Å². The molecule has 1 aromatic carbocycles. The van der Waals surface area contributed by atoms with E-state index in [9.17, 15) is 31.9 Å². The SMILES string of the molecule is C=CC[C@@]1(C)C(N(C(=O)O)C(=O)OC(C)(C)C)=N[C@@](CF)(c2cc(Br)ccc2F)CS1(=O)=O. The largest absolute Gasteiger partial charge is 0.464 e. The Bertz CT molecular complexity index is 1120. The smallest absolute Gasteiger partial charge is 0.425 e. The van der Waals surface area contributed by atoms with Crippen LogP contribution in [0, 0.1) is 5.82 Å². The van der Waals surface area contributed by atoms with Crippen molar-refractivity contribution in [2.75, 3.05) is 12.4 Å². The Morgan fingerprint density at radius 3 is 2.48 bits per heavy atom. The summed E-state index contributed by atoms with van der Waals surface area (Å²) in [5.41, 5.74) is -3.88. The number of carbonyl (C=O) groups is 2. The van der Waals surface area contributed by atoms with Gasteiger partial charge in [-0.15, -0.1) is 6.58 Å². The average Bonchev–Trinajstić information content (AvgIpc) is 2.66. The van der Waals surface area contributed by atoms with Crippen molar-refractivity contribution in [3.8, 4) is 0 Å². The van der Waals surface area contributed by atoms with Gasteiger partial charge < -0.3 is 9.84 Å². The Balaban J connectivity index is 2.94. The van der Waals surface area contributed by atoms with E-state index in [1.54, 1.807) is 0 Å². The minimum Gasteiger partial charge on any atom is -0.464 e.